The van der Waals surface area contributed by atoms with Gasteiger partial charge in [-0.2, -0.15) is 0 Å². The third-order valence-corrected chi connectivity index (χ3v) is 4.61. The van der Waals surface area contributed by atoms with Crippen molar-refractivity contribution in [3.05, 3.63) is 0 Å². The number of likely N-dealkylation sites (N-methyl/N-ethyl adjacent to an activating group) is 1. The van der Waals surface area contributed by atoms with Gasteiger partial charge in [-0.25, -0.2) is 0 Å². The molecule has 2 aliphatic rings. The fourth-order valence-electron chi connectivity index (χ4n) is 2.90. The third-order valence-electron chi connectivity index (χ3n) is 4.61. The maximum absolute atomic E-state index is 12.2. The van der Waals surface area contributed by atoms with Gasteiger partial charge < -0.3 is 14.9 Å². The van der Waals surface area contributed by atoms with Crippen molar-refractivity contribution in [2.24, 2.45) is 11.8 Å². The zero-order valence-electron chi connectivity index (χ0n) is 12.6. The summed E-state index contributed by atoms with van der Waals surface area (Å²) in [5.41, 5.74) is 0. The van der Waals surface area contributed by atoms with E-state index in [1.165, 1.54) is 11.3 Å². The molecule has 118 valence electrons. The van der Waals surface area contributed by atoms with Crippen molar-refractivity contribution in [1.29, 1.82) is 0 Å². The van der Waals surface area contributed by atoms with Crippen LogP contribution >= 0.6 is 0 Å². The molecule has 21 heavy (non-hydrogen) atoms. The zero-order chi connectivity index (χ0) is 15.4. The highest BCUT2D eigenvalue weighted by atomic mass is 16.4. The molecule has 6 heteroatoms. The summed E-state index contributed by atoms with van der Waals surface area (Å²) >= 11 is 0. The van der Waals surface area contributed by atoms with Crippen molar-refractivity contribution >= 4 is 17.8 Å². The molecule has 1 atom stereocenters. The van der Waals surface area contributed by atoms with Gasteiger partial charge in [0.05, 0.1) is 12.5 Å². The summed E-state index contributed by atoms with van der Waals surface area (Å²) in [6, 6.07) is 0. The van der Waals surface area contributed by atoms with E-state index in [2.05, 4.69) is 0 Å². The Kier molecular flexibility index (Phi) is 5.20. The first-order chi connectivity index (χ1) is 9.97. The van der Waals surface area contributed by atoms with Crippen LogP contribution < -0.4 is 0 Å². The second-order valence-electron chi connectivity index (χ2n) is 6.27. The Morgan fingerprint density at radius 2 is 1.90 bits per heavy atom. The SMILES string of the molecule is CN(CC(=O)N1CCCC(C(=O)O)C1)C(=O)CC1CCC1. The fourth-order valence-corrected chi connectivity index (χ4v) is 2.90. The summed E-state index contributed by atoms with van der Waals surface area (Å²) in [6.45, 7) is 0.907. The molecule has 0 spiro atoms. The van der Waals surface area contributed by atoms with Crippen molar-refractivity contribution in [1.82, 2.24) is 9.80 Å². The van der Waals surface area contributed by atoms with Crippen LogP contribution in [0.3, 0.4) is 0 Å². The number of likely N-dealkylation sites (tertiary alicyclic amines) is 1. The Morgan fingerprint density at radius 1 is 1.19 bits per heavy atom. The summed E-state index contributed by atoms with van der Waals surface area (Å²) in [7, 11) is 1.65. The van der Waals surface area contributed by atoms with Gasteiger partial charge in [0.15, 0.2) is 0 Å². The van der Waals surface area contributed by atoms with Gasteiger partial charge in [0.2, 0.25) is 11.8 Å². The average molecular weight is 296 g/mol. The number of nitrogens with zero attached hydrogens (tertiary/aromatic N) is 2. The molecule has 0 bridgehead atoms. The number of aliphatic carboxylic acids is 1. The van der Waals surface area contributed by atoms with E-state index in [0.29, 0.717) is 31.7 Å². The van der Waals surface area contributed by atoms with E-state index in [4.69, 9.17) is 5.11 Å². The van der Waals surface area contributed by atoms with Crippen LogP contribution in [0.25, 0.3) is 0 Å². The van der Waals surface area contributed by atoms with Gasteiger partial charge in [-0.15, -0.1) is 0 Å². The Balaban J connectivity index is 1.79. The minimum Gasteiger partial charge on any atom is -0.481 e. The Bertz CT molecular complexity index is 420. The highest BCUT2D eigenvalue weighted by Gasteiger charge is 2.29. The van der Waals surface area contributed by atoms with Gasteiger partial charge in [-0.05, 0) is 31.6 Å². The van der Waals surface area contributed by atoms with Crippen LogP contribution in [0.5, 0.6) is 0 Å². The lowest BCUT2D eigenvalue weighted by Crippen LogP contribution is -2.47. The number of amides is 2. The van der Waals surface area contributed by atoms with Crippen molar-refractivity contribution in [3.8, 4) is 0 Å². The van der Waals surface area contributed by atoms with E-state index in [9.17, 15) is 14.4 Å². The Labute approximate surface area is 125 Å². The highest BCUT2D eigenvalue weighted by molar-refractivity contribution is 5.85. The zero-order valence-corrected chi connectivity index (χ0v) is 12.6. The molecular formula is C15H24N2O4. The number of carboxylic acids is 1. The number of carboxylic acid groups (broad SMARTS) is 1. The fraction of sp³-hybridized carbons (Fsp3) is 0.800. The minimum absolute atomic E-state index is 0.0137. The number of hydrogen-bond donors (Lipinski definition) is 1. The molecular weight excluding hydrogens is 272 g/mol. The molecule has 2 rings (SSSR count). The number of carbonyl (C=O) groups is 3. The maximum Gasteiger partial charge on any atom is 0.308 e. The topological polar surface area (TPSA) is 77.9 Å². The molecule has 0 aromatic heterocycles. The van der Waals surface area contributed by atoms with Crippen molar-refractivity contribution in [2.45, 2.75) is 38.5 Å². The normalized spacial score (nSPS) is 22.5. The van der Waals surface area contributed by atoms with E-state index in [1.54, 1.807) is 11.9 Å². The number of carbonyl (C=O) groups excluding carboxylic acids is 2. The average Bonchev–Trinajstić information content (AvgIpc) is 2.42. The third kappa shape index (κ3) is 4.19. The maximum atomic E-state index is 12.2. The van der Waals surface area contributed by atoms with Crippen LogP contribution in [-0.4, -0.2) is 59.4 Å². The molecule has 1 N–H and O–H groups in total. The van der Waals surface area contributed by atoms with Crippen LogP contribution in [-0.2, 0) is 14.4 Å². The quantitative estimate of drug-likeness (QED) is 0.819. The first-order valence-electron chi connectivity index (χ1n) is 7.72. The molecule has 1 saturated carbocycles. The number of piperidine rings is 1. The largest absolute Gasteiger partial charge is 0.481 e. The lowest BCUT2D eigenvalue weighted by atomic mass is 9.83. The van der Waals surface area contributed by atoms with E-state index in [-0.39, 0.29) is 24.9 Å². The molecule has 2 amide bonds. The molecule has 1 heterocycles. The predicted octanol–water partition coefficient (Wildman–Crippen LogP) is 0.958. The summed E-state index contributed by atoms with van der Waals surface area (Å²) in [6.07, 6.45) is 5.28. The predicted molar refractivity (Wildman–Crippen MR) is 76.5 cm³/mol. The Morgan fingerprint density at radius 3 is 2.48 bits per heavy atom. The molecule has 0 aromatic carbocycles. The standard InChI is InChI=1S/C15H24N2O4/c1-16(13(18)8-11-4-2-5-11)10-14(19)17-7-3-6-12(9-17)15(20)21/h11-12H,2-10H2,1H3,(H,20,21). The van der Waals surface area contributed by atoms with E-state index in [0.717, 1.165) is 12.8 Å². The summed E-state index contributed by atoms with van der Waals surface area (Å²) in [5.74, 6) is -0.965. The van der Waals surface area contributed by atoms with Crippen LogP contribution in [0.2, 0.25) is 0 Å². The minimum atomic E-state index is -0.845. The first kappa shape index (κ1) is 15.8. The molecule has 1 unspecified atom stereocenters. The number of rotatable bonds is 5. The van der Waals surface area contributed by atoms with Gasteiger partial charge in [-0.3, -0.25) is 14.4 Å². The van der Waals surface area contributed by atoms with Gasteiger partial charge in [0.25, 0.3) is 0 Å². The number of hydrogen-bond acceptors (Lipinski definition) is 3. The Hall–Kier alpha value is -1.59. The lowest BCUT2D eigenvalue weighted by molar-refractivity contribution is -0.147. The van der Waals surface area contributed by atoms with E-state index in [1.807, 2.05) is 0 Å². The molecule has 0 radical (unpaired) electrons. The molecule has 1 aliphatic heterocycles. The smallest absolute Gasteiger partial charge is 0.308 e. The van der Waals surface area contributed by atoms with Gasteiger partial charge in [0.1, 0.15) is 0 Å². The van der Waals surface area contributed by atoms with Crippen molar-refractivity contribution in [3.63, 3.8) is 0 Å². The molecule has 1 saturated heterocycles. The summed E-state index contributed by atoms with van der Waals surface area (Å²) in [4.78, 5) is 38.3. The van der Waals surface area contributed by atoms with Gasteiger partial charge in [0, 0.05) is 26.6 Å². The first-order valence-corrected chi connectivity index (χ1v) is 7.72. The van der Waals surface area contributed by atoms with Crippen molar-refractivity contribution < 1.29 is 19.5 Å². The lowest BCUT2D eigenvalue weighted by Gasteiger charge is -2.32. The highest BCUT2D eigenvalue weighted by Crippen LogP contribution is 2.29. The van der Waals surface area contributed by atoms with E-state index >= 15 is 0 Å². The van der Waals surface area contributed by atoms with Crippen LogP contribution in [0.4, 0.5) is 0 Å². The van der Waals surface area contributed by atoms with Crippen LogP contribution in [0.15, 0.2) is 0 Å². The second kappa shape index (κ2) is 6.91. The molecule has 1 aliphatic carbocycles. The van der Waals surface area contributed by atoms with Gasteiger partial charge in [-0.1, -0.05) is 6.42 Å². The van der Waals surface area contributed by atoms with Crippen molar-refractivity contribution in [2.75, 3.05) is 26.7 Å². The molecule has 2 fully saturated rings. The molecule has 6 nitrogen and oxygen atoms in total. The second-order valence-corrected chi connectivity index (χ2v) is 6.27. The van der Waals surface area contributed by atoms with Crippen LogP contribution in [0, 0.1) is 11.8 Å². The monoisotopic (exact) mass is 296 g/mol. The van der Waals surface area contributed by atoms with Crippen LogP contribution in [0.1, 0.15) is 38.5 Å². The molecule has 0 aromatic rings. The summed E-state index contributed by atoms with van der Waals surface area (Å²) in [5, 5.41) is 9.04. The van der Waals surface area contributed by atoms with Gasteiger partial charge >= 0.3 is 5.97 Å². The summed E-state index contributed by atoms with van der Waals surface area (Å²) < 4.78 is 0. The van der Waals surface area contributed by atoms with E-state index < -0.39 is 11.9 Å².